The number of anilines is 1. The van der Waals surface area contributed by atoms with E-state index in [0.717, 1.165) is 11.1 Å². The molecule has 0 unspecified atom stereocenters. The van der Waals surface area contributed by atoms with E-state index in [9.17, 15) is 13.2 Å². The molecule has 0 aliphatic rings. The molecule has 152 valence electrons. The minimum Gasteiger partial charge on any atom is -0.337 e. The van der Waals surface area contributed by atoms with Gasteiger partial charge in [0, 0.05) is 22.8 Å². The van der Waals surface area contributed by atoms with Gasteiger partial charge in [-0.15, -0.1) is 0 Å². The van der Waals surface area contributed by atoms with E-state index in [0.29, 0.717) is 16.6 Å². The summed E-state index contributed by atoms with van der Waals surface area (Å²) in [6, 6.07) is 21.6. The molecule has 1 aromatic heterocycles. The summed E-state index contributed by atoms with van der Waals surface area (Å²) in [6.07, 6.45) is 1.55. The van der Waals surface area contributed by atoms with Gasteiger partial charge in [-0.3, -0.25) is 4.79 Å². The first-order chi connectivity index (χ1) is 14.3. The van der Waals surface area contributed by atoms with Crippen LogP contribution in [0.3, 0.4) is 0 Å². The molecule has 0 fully saturated rings. The first-order valence-electron chi connectivity index (χ1n) is 9.61. The molecular formula is C24H22N2O3S. The van der Waals surface area contributed by atoms with Gasteiger partial charge in [0.1, 0.15) is 6.54 Å². The zero-order valence-corrected chi connectivity index (χ0v) is 17.6. The fraction of sp³-hybridized carbons (Fsp3) is 0.125. The number of sulfone groups is 1. The number of rotatable bonds is 5. The molecule has 3 aromatic carbocycles. The fourth-order valence-corrected chi connectivity index (χ4v) is 4.96. The molecule has 0 bridgehead atoms. The van der Waals surface area contributed by atoms with E-state index in [1.807, 2.05) is 50.2 Å². The Labute approximate surface area is 175 Å². The summed E-state index contributed by atoms with van der Waals surface area (Å²) < 4.78 is 28.2. The Balaban J connectivity index is 1.70. The Morgan fingerprint density at radius 2 is 1.63 bits per heavy atom. The van der Waals surface area contributed by atoms with E-state index in [1.165, 1.54) is 0 Å². The van der Waals surface area contributed by atoms with Crippen LogP contribution in [0.4, 0.5) is 5.69 Å². The SMILES string of the molecule is Cc1ccc(S(=O)(=O)c2cn(CC(=O)Nc3cccc(C)c3)c3ccccc23)cc1. The maximum absolute atomic E-state index is 13.3. The number of carbonyl (C=O) groups is 1. The van der Waals surface area contributed by atoms with Gasteiger partial charge in [0.2, 0.25) is 15.7 Å². The van der Waals surface area contributed by atoms with Gasteiger partial charge in [-0.2, -0.15) is 0 Å². The van der Waals surface area contributed by atoms with Crippen molar-refractivity contribution in [1.82, 2.24) is 4.57 Å². The molecule has 1 amide bonds. The highest BCUT2D eigenvalue weighted by Gasteiger charge is 2.23. The monoisotopic (exact) mass is 418 g/mol. The Hall–Kier alpha value is -3.38. The van der Waals surface area contributed by atoms with Crippen LogP contribution >= 0.6 is 0 Å². The summed E-state index contributed by atoms with van der Waals surface area (Å²) in [6.45, 7) is 3.88. The Morgan fingerprint density at radius 3 is 2.37 bits per heavy atom. The van der Waals surface area contributed by atoms with Crippen LogP contribution < -0.4 is 5.32 Å². The second kappa shape index (κ2) is 7.80. The third-order valence-electron chi connectivity index (χ3n) is 4.99. The van der Waals surface area contributed by atoms with Gasteiger partial charge in [-0.1, -0.05) is 48.0 Å². The smallest absolute Gasteiger partial charge is 0.244 e. The van der Waals surface area contributed by atoms with Crippen molar-refractivity contribution < 1.29 is 13.2 Å². The zero-order chi connectivity index (χ0) is 21.3. The van der Waals surface area contributed by atoms with Gasteiger partial charge < -0.3 is 9.88 Å². The number of carbonyl (C=O) groups excluding carboxylic acids is 1. The maximum Gasteiger partial charge on any atom is 0.244 e. The third kappa shape index (κ3) is 3.86. The quantitative estimate of drug-likeness (QED) is 0.509. The number of aryl methyl sites for hydroxylation is 2. The third-order valence-corrected chi connectivity index (χ3v) is 6.79. The van der Waals surface area contributed by atoms with E-state index in [4.69, 9.17) is 0 Å². The predicted molar refractivity (Wildman–Crippen MR) is 118 cm³/mol. The average Bonchev–Trinajstić information content (AvgIpc) is 3.07. The lowest BCUT2D eigenvalue weighted by molar-refractivity contribution is -0.116. The number of para-hydroxylation sites is 1. The first-order valence-corrected chi connectivity index (χ1v) is 11.1. The molecule has 0 aliphatic carbocycles. The van der Waals surface area contributed by atoms with Crippen molar-refractivity contribution in [2.75, 3.05) is 5.32 Å². The van der Waals surface area contributed by atoms with E-state index in [1.54, 1.807) is 47.2 Å². The van der Waals surface area contributed by atoms with Crippen LogP contribution in [0.25, 0.3) is 10.9 Å². The van der Waals surface area contributed by atoms with Gasteiger partial charge in [0.25, 0.3) is 0 Å². The molecule has 1 heterocycles. The summed E-state index contributed by atoms with van der Waals surface area (Å²) >= 11 is 0. The number of benzene rings is 3. The summed E-state index contributed by atoms with van der Waals surface area (Å²) in [5.74, 6) is -0.222. The van der Waals surface area contributed by atoms with Crippen molar-refractivity contribution in [3.05, 3.63) is 90.1 Å². The number of aromatic nitrogens is 1. The molecule has 1 N–H and O–H groups in total. The van der Waals surface area contributed by atoms with E-state index >= 15 is 0 Å². The lowest BCUT2D eigenvalue weighted by atomic mass is 10.2. The normalized spacial score (nSPS) is 11.5. The molecule has 0 spiro atoms. The van der Waals surface area contributed by atoms with Gasteiger partial charge in [-0.25, -0.2) is 8.42 Å². The number of hydrogen-bond acceptors (Lipinski definition) is 3. The van der Waals surface area contributed by atoms with E-state index in [2.05, 4.69) is 5.32 Å². The standard InChI is InChI=1S/C24H22N2O3S/c1-17-10-12-20(13-11-17)30(28,29)23-15-26(22-9-4-3-8-21(22)23)16-24(27)25-19-7-5-6-18(2)14-19/h3-15H,16H2,1-2H3,(H,25,27). The Kier molecular flexibility index (Phi) is 5.18. The van der Waals surface area contributed by atoms with Crippen molar-refractivity contribution in [3.8, 4) is 0 Å². The second-order valence-electron chi connectivity index (χ2n) is 7.37. The van der Waals surface area contributed by atoms with Crippen molar-refractivity contribution in [1.29, 1.82) is 0 Å². The number of nitrogens with one attached hydrogen (secondary N) is 1. The fourth-order valence-electron chi connectivity index (χ4n) is 3.48. The van der Waals surface area contributed by atoms with Crippen LogP contribution in [0.1, 0.15) is 11.1 Å². The molecule has 4 rings (SSSR count). The topological polar surface area (TPSA) is 68.2 Å². The lowest BCUT2D eigenvalue weighted by Crippen LogP contribution is -2.18. The molecule has 0 saturated carbocycles. The number of fused-ring (bicyclic) bond motifs is 1. The van der Waals surface area contributed by atoms with Gasteiger partial charge in [0.15, 0.2) is 0 Å². The number of nitrogens with zero attached hydrogens (tertiary/aromatic N) is 1. The zero-order valence-electron chi connectivity index (χ0n) is 16.8. The average molecular weight is 419 g/mol. The minimum absolute atomic E-state index is 0.0118. The van der Waals surface area contributed by atoms with Crippen molar-refractivity contribution in [2.45, 2.75) is 30.2 Å². The van der Waals surface area contributed by atoms with Gasteiger partial charge >= 0.3 is 0 Å². The summed E-state index contributed by atoms with van der Waals surface area (Å²) in [5.41, 5.74) is 3.45. The van der Waals surface area contributed by atoms with Crippen molar-refractivity contribution in [3.63, 3.8) is 0 Å². The van der Waals surface area contributed by atoms with E-state index < -0.39 is 9.84 Å². The van der Waals surface area contributed by atoms with Crippen LogP contribution in [0.2, 0.25) is 0 Å². The molecule has 6 heteroatoms. The predicted octanol–water partition coefficient (Wildman–Crippen LogP) is 4.73. The number of hydrogen-bond donors (Lipinski definition) is 1. The van der Waals surface area contributed by atoms with Crippen molar-refractivity contribution in [2.24, 2.45) is 0 Å². The highest BCUT2D eigenvalue weighted by atomic mass is 32.2. The Morgan fingerprint density at radius 1 is 0.900 bits per heavy atom. The second-order valence-corrected chi connectivity index (χ2v) is 9.29. The molecule has 0 saturated heterocycles. The summed E-state index contributed by atoms with van der Waals surface area (Å²) in [7, 11) is -3.71. The van der Waals surface area contributed by atoms with Crippen LogP contribution in [-0.2, 0) is 21.2 Å². The van der Waals surface area contributed by atoms with Crippen LogP contribution in [0.5, 0.6) is 0 Å². The van der Waals surface area contributed by atoms with E-state index in [-0.39, 0.29) is 22.2 Å². The molecule has 0 radical (unpaired) electrons. The molecule has 30 heavy (non-hydrogen) atoms. The molecule has 0 atom stereocenters. The van der Waals surface area contributed by atoms with Crippen LogP contribution in [0.15, 0.2) is 88.8 Å². The highest BCUT2D eigenvalue weighted by Crippen LogP contribution is 2.30. The first kappa shape index (κ1) is 19.9. The van der Waals surface area contributed by atoms with Crippen LogP contribution in [-0.4, -0.2) is 18.9 Å². The molecule has 0 aliphatic heterocycles. The van der Waals surface area contributed by atoms with Crippen molar-refractivity contribution >= 4 is 32.3 Å². The molecular weight excluding hydrogens is 396 g/mol. The molecule has 4 aromatic rings. The minimum atomic E-state index is -3.71. The maximum atomic E-state index is 13.3. The van der Waals surface area contributed by atoms with Gasteiger partial charge in [-0.05, 0) is 49.7 Å². The Bertz CT molecular complexity index is 1340. The largest absolute Gasteiger partial charge is 0.337 e. The number of amides is 1. The highest BCUT2D eigenvalue weighted by molar-refractivity contribution is 7.91. The van der Waals surface area contributed by atoms with Crippen LogP contribution in [0, 0.1) is 13.8 Å². The van der Waals surface area contributed by atoms with Gasteiger partial charge in [0.05, 0.1) is 9.79 Å². The summed E-state index contributed by atoms with van der Waals surface area (Å²) in [5, 5.41) is 3.47. The lowest BCUT2D eigenvalue weighted by Gasteiger charge is -2.08. The molecule has 5 nitrogen and oxygen atoms in total. The summed E-state index contributed by atoms with van der Waals surface area (Å²) in [4.78, 5) is 13.1.